The van der Waals surface area contributed by atoms with Crippen LogP contribution in [0.5, 0.6) is 0 Å². The molecule has 2 aromatic carbocycles. The van der Waals surface area contributed by atoms with Gasteiger partial charge in [0.05, 0.1) is 5.25 Å². The van der Waals surface area contributed by atoms with Crippen molar-refractivity contribution in [3.05, 3.63) is 59.7 Å². The predicted octanol–water partition coefficient (Wildman–Crippen LogP) is 4.43. The van der Waals surface area contributed by atoms with Crippen molar-refractivity contribution in [3.8, 4) is 0 Å². The van der Waals surface area contributed by atoms with Crippen molar-refractivity contribution >= 4 is 23.4 Å². The first-order valence-corrected chi connectivity index (χ1v) is 10.4. The van der Waals surface area contributed by atoms with E-state index in [2.05, 4.69) is 65.7 Å². The molecule has 0 bridgehead atoms. The van der Waals surface area contributed by atoms with Crippen LogP contribution in [0.15, 0.2) is 53.4 Å². The van der Waals surface area contributed by atoms with Gasteiger partial charge in [0.25, 0.3) is 0 Å². The molecule has 0 saturated heterocycles. The first kappa shape index (κ1) is 18.8. The molecule has 1 atom stereocenters. The maximum absolute atomic E-state index is 12.3. The molecule has 0 spiro atoms. The van der Waals surface area contributed by atoms with Crippen LogP contribution in [-0.4, -0.2) is 30.8 Å². The Hall–Kier alpha value is -1.94. The molecule has 2 aromatic rings. The van der Waals surface area contributed by atoms with Gasteiger partial charge < -0.3 is 10.2 Å². The lowest BCUT2D eigenvalue weighted by Crippen LogP contribution is -2.35. The Morgan fingerprint density at radius 3 is 2.77 bits per heavy atom. The molecule has 1 amide bonds. The number of nitrogens with one attached hydrogen (secondary N) is 1. The van der Waals surface area contributed by atoms with Crippen molar-refractivity contribution in [1.82, 2.24) is 5.32 Å². The summed E-state index contributed by atoms with van der Waals surface area (Å²) in [7, 11) is 0. The van der Waals surface area contributed by atoms with Crippen molar-refractivity contribution in [2.45, 2.75) is 43.3 Å². The number of anilines is 1. The number of carbonyl (C=O) groups excluding carboxylic acids is 1. The van der Waals surface area contributed by atoms with Crippen LogP contribution in [0.4, 0.5) is 5.69 Å². The highest BCUT2D eigenvalue weighted by Gasteiger charge is 2.16. The monoisotopic (exact) mass is 368 g/mol. The van der Waals surface area contributed by atoms with Crippen molar-refractivity contribution < 1.29 is 4.79 Å². The van der Waals surface area contributed by atoms with Gasteiger partial charge in [-0.2, -0.15) is 0 Å². The molecule has 4 heteroatoms. The van der Waals surface area contributed by atoms with E-state index in [0.29, 0.717) is 0 Å². The van der Waals surface area contributed by atoms with Gasteiger partial charge >= 0.3 is 0 Å². The van der Waals surface area contributed by atoms with Crippen LogP contribution in [0.25, 0.3) is 0 Å². The minimum atomic E-state index is -0.0755. The van der Waals surface area contributed by atoms with E-state index in [4.69, 9.17) is 0 Å². The van der Waals surface area contributed by atoms with Crippen molar-refractivity contribution in [2.24, 2.45) is 0 Å². The number of benzene rings is 2. The molecule has 1 aliphatic rings. The van der Waals surface area contributed by atoms with Gasteiger partial charge in [-0.25, -0.2) is 0 Å². The third-order valence-electron chi connectivity index (χ3n) is 4.81. The molecule has 0 fully saturated rings. The molecular weight excluding hydrogens is 340 g/mol. The average molecular weight is 369 g/mol. The lowest BCUT2D eigenvalue weighted by molar-refractivity contribution is -0.120. The number of amides is 1. The summed E-state index contributed by atoms with van der Waals surface area (Å²) in [6.45, 7) is 6.89. The number of hydrogen-bond acceptors (Lipinski definition) is 3. The maximum atomic E-state index is 12.3. The van der Waals surface area contributed by atoms with E-state index in [9.17, 15) is 4.79 Å². The smallest absolute Gasteiger partial charge is 0.233 e. The van der Waals surface area contributed by atoms with Gasteiger partial charge in [0.15, 0.2) is 0 Å². The molecule has 138 valence electrons. The largest absolute Gasteiger partial charge is 0.371 e. The Morgan fingerprint density at radius 1 is 1.19 bits per heavy atom. The van der Waals surface area contributed by atoms with E-state index in [1.165, 1.54) is 29.7 Å². The molecule has 0 aromatic heterocycles. The van der Waals surface area contributed by atoms with E-state index in [1.807, 2.05) is 6.92 Å². The zero-order chi connectivity index (χ0) is 18.4. The van der Waals surface area contributed by atoms with Gasteiger partial charge in [-0.3, -0.25) is 4.79 Å². The summed E-state index contributed by atoms with van der Waals surface area (Å²) in [5, 5.41) is 3.02. The van der Waals surface area contributed by atoms with Crippen LogP contribution in [-0.2, 0) is 11.2 Å². The molecule has 1 aliphatic heterocycles. The van der Waals surface area contributed by atoms with Crippen LogP contribution < -0.4 is 10.2 Å². The number of nitrogens with zero attached hydrogens (tertiary/aromatic N) is 1. The number of thioether (sulfide) groups is 1. The van der Waals surface area contributed by atoms with Gasteiger partial charge in [-0.1, -0.05) is 35.9 Å². The van der Waals surface area contributed by atoms with Crippen molar-refractivity contribution in [2.75, 3.05) is 24.5 Å². The molecular formula is C22H28N2OS. The number of para-hydroxylation sites is 1. The molecule has 3 rings (SSSR count). The van der Waals surface area contributed by atoms with E-state index in [-0.39, 0.29) is 11.2 Å². The standard InChI is InChI=1S/C22H28N2OS/c1-17-10-12-20(13-11-17)26-18(2)22(25)23-14-6-16-24-15-5-8-19-7-3-4-9-21(19)24/h3-4,7,9-13,18H,5-6,8,14-16H2,1-2H3,(H,23,25)/t18-/m1/s1. The van der Waals surface area contributed by atoms with Gasteiger partial charge in [-0.05, 0) is 56.9 Å². The fourth-order valence-electron chi connectivity index (χ4n) is 3.34. The summed E-state index contributed by atoms with van der Waals surface area (Å²) in [6.07, 6.45) is 3.37. The quantitative estimate of drug-likeness (QED) is 0.579. The molecule has 0 unspecified atom stereocenters. The number of aryl methyl sites for hydroxylation is 2. The Bertz CT molecular complexity index is 729. The molecule has 0 aliphatic carbocycles. The summed E-state index contributed by atoms with van der Waals surface area (Å²) >= 11 is 1.61. The highest BCUT2D eigenvalue weighted by Crippen LogP contribution is 2.26. The topological polar surface area (TPSA) is 32.3 Å². The van der Waals surface area contributed by atoms with E-state index < -0.39 is 0 Å². The normalized spacial score (nSPS) is 14.6. The zero-order valence-electron chi connectivity index (χ0n) is 15.7. The van der Waals surface area contributed by atoms with E-state index in [0.717, 1.165) is 31.0 Å². The summed E-state index contributed by atoms with van der Waals surface area (Å²) in [5.41, 5.74) is 4.06. The fourth-order valence-corrected chi connectivity index (χ4v) is 4.24. The first-order chi connectivity index (χ1) is 12.6. The third kappa shape index (κ3) is 5.04. The molecule has 0 saturated carbocycles. The number of hydrogen-bond donors (Lipinski definition) is 1. The molecule has 26 heavy (non-hydrogen) atoms. The fraction of sp³-hybridized carbons (Fsp3) is 0.409. The second-order valence-electron chi connectivity index (χ2n) is 6.94. The molecule has 1 N–H and O–H groups in total. The van der Waals surface area contributed by atoms with Gasteiger partial charge in [0.2, 0.25) is 5.91 Å². The van der Waals surface area contributed by atoms with Crippen LogP contribution in [0, 0.1) is 6.92 Å². The number of fused-ring (bicyclic) bond motifs is 1. The van der Waals surface area contributed by atoms with Gasteiger partial charge in [0, 0.05) is 30.2 Å². The summed E-state index contributed by atoms with van der Waals surface area (Å²) in [4.78, 5) is 15.9. The minimum absolute atomic E-state index is 0.0755. The average Bonchev–Trinajstić information content (AvgIpc) is 2.67. The summed E-state index contributed by atoms with van der Waals surface area (Å²) in [6, 6.07) is 17.0. The highest BCUT2D eigenvalue weighted by molar-refractivity contribution is 8.00. The van der Waals surface area contributed by atoms with E-state index in [1.54, 1.807) is 11.8 Å². The van der Waals surface area contributed by atoms with Crippen LogP contribution in [0.3, 0.4) is 0 Å². The van der Waals surface area contributed by atoms with Crippen LogP contribution >= 0.6 is 11.8 Å². The second kappa shape index (κ2) is 9.13. The van der Waals surface area contributed by atoms with Crippen molar-refractivity contribution in [3.63, 3.8) is 0 Å². The Balaban J connectivity index is 1.41. The second-order valence-corrected chi connectivity index (χ2v) is 8.35. The molecule has 1 heterocycles. The number of carbonyl (C=O) groups is 1. The summed E-state index contributed by atoms with van der Waals surface area (Å²) < 4.78 is 0. The lowest BCUT2D eigenvalue weighted by atomic mass is 10.0. The Kier molecular flexibility index (Phi) is 6.62. The summed E-state index contributed by atoms with van der Waals surface area (Å²) in [5.74, 6) is 0.120. The minimum Gasteiger partial charge on any atom is -0.371 e. The van der Waals surface area contributed by atoms with Crippen LogP contribution in [0.1, 0.15) is 30.9 Å². The highest BCUT2D eigenvalue weighted by atomic mass is 32.2. The lowest BCUT2D eigenvalue weighted by Gasteiger charge is -2.31. The Morgan fingerprint density at radius 2 is 1.96 bits per heavy atom. The molecule has 0 radical (unpaired) electrons. The maximum Gasteiger partial charge on any atom is 0.233 e. The SMILES string of the molecule is Cc1ccc(S[C@H](C)C(=O)NCCCN2CCCc3ccccc32)cc1. The third-order valence-corrected chi connectivity index (χ3v) is 5.93. The number of rotatable bonds is 7. The van der Waals surface area contributed by atoms with Gasteiger partial charge in [-0.15, -0.1) is 11.8 Å². The zero-order valence-corrected chi connectivity index (χ0v) is 16.5. The first-order valence-electron chi connectivity index (χ1n) is 9.47. The Labute approximate surface area is 161 Å². The van der Waals surface area contributed by atoms with Crippen molar-refractivity contribution in [1.29, 1.82) is 0 Å². The predicted molar refractivity (Wildman–Crippen MR) is 111 cm³/mol. The van der Waals surface area contributed by atoms with Gasteiger partial charge in [0.1, 0.15) is 0 Å². The van der Waals surface area contributed by atoms with E-state index >= 15 is 0 Å². The van der Waals surface area contributed by atoms with Crippen LogP contribution in [0.2, 0.25) is 0 Å². The molecule has 3 nitrogen and oxygen atoms in total.